The van der Waals surface area contributed by atoms with Crippen LogP contribution >= 0.6 is 0 Å². The number of hydrogen-bond acceptors (Lipinski definition) is 0. The molecule has 2 saturated carbocycles. The molecule has 0 heterocycles. The highest BCUT2D eigenvalue weighted by Gasteiger charge is 2.44. The van der Waals surface area contributed by atoms with Crippen LogP contribution < -0.4 is 0 Å². The van der Waals surface area contributed by atoms with E-state index < -0.39 is 0 Å². The van der Waals surface area contributed by atoms with Crippen LogP contribution in [0.5, 0.6) is 0 Å². The average Bonchev–Trinajstić information content (AvgIpc) is 2.39. The molecule has 2 atom stereocenters. The van der Waals surface area contributed by atoms with Crippen molar-refractivity contribution in [2.45, 2.75) is 45.4 Å². The molecule has 0 spiro atoms. The van der Waals surface area contributed by atoms with E-state index in [4.69, 9.17) is 0 Å². The zero-order valence-corrected chi connectivity index (χ0v) is 6.97. The van der Waals surface area contributed by atoms with Gasteiger partial charge in [-0.2, -0.15) is 0 Å². The van der Waals surface area contributed by atoms with E-state index in [1.165, 1.54) is 25.7 Å². The van der Waals surface area contributed by atoms with Gasteiger partial charge in [0, 0.05) is 0 Å². The van der Waals surface area contributed by atoms with Gasteiger partial charge in [0.15, 0.2) is 0 Å². The Bertz CT molecular complexity index is 103. The van der Waals surface area contributed by atoms with Crippen molar-refractivity contribution in [2.75, 3.05) is 0 Å². The summed E-state index contributed by atoms with van der Waals surface area (Å²) >= 11 is 0. The predicted octanol–water partition coefficient (Wildman–Crippen LogP) is 3.22. The van der Waals surface area contributed by atoms with Crippen molar-refractivity contribution in [1.82, 2.24) is 0 Å². The normalized spacial score (nSPS) is 47.1. The number of hydrogen-bond donors (Lipinski definition) is 0. The molecule has 0 bridgehead atoms. The zero-order valence-electron chi connectivity index (χ0n) is 6.97. The summed E-state index contributed by atoms with van der Waals surface area (Å²) in [7, 11) is 0. The lowest BCUT2D eigenvalue weighted by Crippen LogP contribution is -1.90. The first-order chi connectivity index (χ1) is 4.89. The van der Waals surface area contributed by atoms with Gasteiger partial charge in [-0.1, -0.05) is 32.6 Å². The van der Waals surface area contributed by atoms with Crippen LogP contribution in [0, 0.1) is 17.8 Å². The van der Waals surface area contributed by atoms with Gasteiger partial charge in [0.1, 0.15) is 0 Å². The maximum atomic E-state index is 2.45. The van der Waals surface area contributed by atoms with Crippen LogP contribution in [0.3, 0.4) is 0 Å². The summed E-state index contributed by atoms with van der Waals surface area (Å²) in [4.78, 5) is 0. The van der Waals surface area contributed by atoms with Crippen molar-refractivity contribution in [1.29, 1.82) is 0 Å². The standard InChI is InChI=1S/C10H18/c1-8-9-6-4-2-3-5-7-10(8)9/h8-10H,2-7H2,1H3. The Kier molecular flexibility index (Phi) is 1.71. The Labute approximate surface area is 64.0 Å². The van der Waals surface area contributed by atoms with Gasteiger partial charge in [-0.15, -0.1) is 0 Å². The Morgan fingerprint density at radius 3 is 1.80 bits per heavy atom. The molecule has 0 aromatic heterocycles. The smallest absolute Gasteiger partial charge is 0.0355 e. The van der Waals surface area contributed by atoms with Crippen LogP contribution in [0.15, 0.2) is 0 Å². The summed E-state index contributed by atoms with van der Waals surface area (Å²) in [5.74, 6) is 3.40. The summed E-state index contributed by atoms with van der Waals surface area (Å²) in [6.45, 7) is 2.45. The second kappa shape index (κ2) is 2.56. The zero-order chi connectivity index (χ0) is 6.97. The molecule has 2 rings (SSSR count). The fourth-order valence-corrected chi connectivity index (χ4v) is 2.70. The second-order valence-corrected chi connectivity index (χ2v) is 4.18. The Hall–Kier alpha value is 0. The molecule has 2 unspecified atom stereocenters. The quantitative estimate of drug-likeness (QED) is 0.482. The van der Waals surface area contributed by atoms with Crippen molar-refractivity contribution < 1.29 is 0 Å². The Morgan fingerprint density at radius 1 is 0.800 bits per heavy atom. The van der Waals surface area contributed by atoms with E-state index in [-0.39, 0.29) is 0 Å². The third kappa shape index (κ3) is 1.09. The molecule has 58 valence electrons. The lowest BCUT2D eigenvalue weighted by atomic mass is 10.0. The summed E-state index contributed by atoms with van der Waals surface area (Å²) in [5, 5.41) is 0. The lowest BCUT2D eigenvalue weighted by molar-refractivity contribution is 0.485. The summed E-state index contributed by atoms with van der Waals surface area (Å²) in [6.07, 6.45) is 9.15. The lowest BCUT2D eigenvalue weighted by Gasteiger charge is -2.05. The molecule has 0 heteroatoms. The van der Waals surface area contributed by atoms with Crippen molar-refractivity contribution in [3.8, 4) is 0 Å². The Morgan fingerprint density at radius 2 is 1.30 bits per heavy atom. The Balaban J connectivity index is 1.86. The van der Waals surface area contributed by atoms with Crippen LogP contribution in [0.1, 0.15) is 45.4 Å². The van der Waals surface area contributed by atoms with Gasteiger partial charge in [0.2, 0.25) is 0 Å². The summed E-state index contributed by atoms with van der Waals surface area (Å²) in [5.41, 5.74) is 0. The molecular formula is C10H18. The molecule has 2 aliphatic carbocycles. The molecule has 2 aliphatic rings. The van der Waals surface area contributed by atoms with Gasteiger partial charge in [0.05, 0.1) is 0 Å². The number of fused-ring (bicyclic) bond motifs is 1. The predicted molar refractivity (Wildman–Crippen MR) is 43.8 cm³/mol. The minimum Gasteiger partial charge on any atom is -0.0620 e. The van der Waals surface area contributed by atoms with E-state index in [9.17, 15) is 0 Å². The number of rotatable bonds is 0. The fraction of sp³-hybridized carbons (Fsp3) is 1.00. The monoisotopic (exact) mass is 138 g/mol. The first kappa shape index (κ1) is 6.69. The van der Waals surface area contributed by atoms with Crippen molar-refractivity contribution in [2.24, 2.45) is 17.8 Å². The van der Waals surface area contributed by atoms with Gasteiger partial charge in [-0.3, -0.25) is 0 Å². The van der Waals surface area contributed by atoms with Crippen molar-refractivity contribution in [3.63, 3.8) is 0 Å². The molecule has 10 heavy (non-hydrogen) atoms. The molecule has 0 aromatic rings. The SMILES string of the molecule is CC1C2CCCCCCC12. The van der Waals surface area contributed by atoms with E-state index in [2.05, 4.69) is 6.92 Å². The van der Waals surface area contributed by atoms with Crippen molar-refractivity contribution in [3.05, 3.63) is 0 Å². The molecule has 0 radical (unpaired) electrons. The molecule has 0 N–H and O–H groups in total. The van der Waals surface area contributed by atoms with Gasteiger partial charge >= 0.3 is 0 Å². The van der Waals surface area contributed by atoms with E-state index in [0.717, 1.165) is 17.8 Å². The average molecular weight is 138 g/mol. The largest absolute Gasteiger partial charge is 0.0620 e. The van der Waals surface area contributed by atoms with Crippen LogP contribution in [0.25, 0.3) is 0 Å². The van der Waals surface area contributed by atoms with Gasteiger partial charge in [-0.25, -0.2) is 0 Å². The first-order valence-corrected chi connectivity index (χ1v) is 4.89. The highest BCUT2D eigenvalue weighted by molar-refractivity contribution is 4.94. The highest BCUT2D eigenvalue weighted by atomic mass is 14.5. The van der Waals surface area contributed by atoms with Gasteiger partial charge in [0.25, 0.3) is 0 Å². The maximum Gasteiger partial charge on any atom is -0.0355 e. The van der Waals surface area contributed by atoms with Crippen LogP contribution in [0.2, 0.25) is 0 Å². The molecule has 0 aliphatic heterocycles. The minimum absolute atomic E-state index is 1.10. The van der Waals surface area contributed by atoms with Crippen molar-refractivity contribution >= 4 is 0 Å². The third-order valence-corrected chi connectivity index (χ3v) is 3.58. The van der Waals surface area contributed by atoms with Crippen LogP contribution in [-0.2, 0) is 0 Å². The molecular weight excluding hydrogens is 120 g/mol. The van der Waals surface area contributed by atoms with E-state index in [0.29, 0.717) is 0 Å². The molecule has 0 saturated heterocycles. The highest BCUT2D eigenvalue weighted by Crippen LogP contribution is 2.52. The summed E-state index contributed by atoms with van der Waals surface area (Å²) in [6, 6.07) is 0. The molecule has 0 amide bonds. The van der Waals surface area contributed by atoms with Gasteiger partial charge < -0.3 is 0 Å². The van der Waals surface area contributed by atoms with E-state index in [1.807, 2.05) is 0 Å². The van der Waals surface area contributed by atoms with Gasteiger partial charge in [-0.05, 0) is 30.6 Å². The first-order valence-electron chi connectivity index (χ1n) is 4.89. The molecule has 2 fully saturated rings. The molecule has 0 aromatic carbocycles. The fourth-order valence-electron chi connectivity index (χ4n) is 2.70. The minimum atomic E-state index is 1.10. The van der Waals surface area contributed by atoms with Crippen LogP contribution in [0.4, 0.5) is 0 Å². The molecule has 0 nitrogen and oxygen atoms in total. The topological polar surface area (TPSA) is 0 Å². The summed E-state index contributed by atoms with van der Waals surface area (Å²) < 4.78 is 0. The third-order valence-electron chi connectivity index (χ3n) is 3.58. The maximum absolute atomic E-state index is 2.45. The van der Waals surface area contributed by atoms with E-state index >= 15 is 0 Å². The second-order valence-electron chi connectivity index (χ2n) is 4.18. The van der Waals surface area contributed by atoms with Crippen LogP contribution in [-0.4, -0.2) is 0 Å². The van der Waals surface area contributed by atoms with E-state index in [1.54, 1.807) is 12.8 Å².